The maximum absolute atomic E-state index is 5.45. The van der Waals surface area contributed by atoms with Gasteiger partial charge in [0.25, 0.3) is 0 Å². The third kappa shape index (κ3) is 2.57. The summed E-state index contributed by atoms with van der Waals surface area (Å²) >= 11 is 5.45. The molecular formula is C14H24N4S. The van der Waals surface area contributed by atoms with E-state index in [0.717, 1.165) is 29.7 Å². The summed E-state index contributed by atoms with van der Waals surface area (Å²) in [4.78, 5) is 2.41. The van der Waals surface area contributed by atoms with Crippen LogP contribution in [0.1, 0.15) is 57.9 Å². The highest BCUT2D eigenvalue weighted by Crippen LogP contribution is 2.34. The second-order valence-corrected chi connectivity index (χ2v) is 6.36. The van der Waals surface area contributed by atoms with E-state index in [1.165, 1.54) is 44.9 Å². The highest BCUT2D eigenvalue weighted by atomic mass is 32.1. The van der Waals surface area contributed by atoms with Gasteiger partial charge in [0.05, 0.1) is 0 Å². The highest BCUT2D eigenvalue weighted by molar-refractivity contribution is 7.71. The molecule has 0 unspecified atom stereocenters. The predicted octanol–water partition coefficient (Wildman–Crippen LogP) is 3.68. The fourth-order valence-electron chi connectivity index (χ4n) is 3.35. The second kappa shape index (κ2) is 5.65. The number of hydrogen-bond donors (Lipinski definition) is 1. The van der Waals surface area contributed by atoms with Gasteiger partial charge in [-0.15, -0.1) is 5.10 Å². The average Bonchev–Trinajstić information content (AvgIpc) is 2.97. The van der Waals surface area contributed by atoms with Crippen LogP contribution in [-0.2, 0) is 0 Å². The van der Waals surface area contributed by atoms with Crippen molar-refractivity contribution in [3.05, 3.63) is 4.77 Å². The Morgan fingerprint density at radius 3 is 2.58 bits per heavy atom. The molecule has 2 aliphatic carbocycles. The molecule has 0 aliphatic heterocycles. The van der Waals surface area contributed by atoms with Crippen molar-refractivity contribution in [3.63, 3.8) is 0 Å². The molecule has 0 bridgehead atoms. The van der Waals surface area contributed by atoms with Crippen LogP contribution in [0.5, 0.6) is 0 Å². The van der Waals surface area contributed by atoms with Crippen LogP contribution >= 0.6 is 12.2 Å². The van der Waals surface area contributed by atoms with E-state index in [0.29, 0.717) is 6.04 Å². The smallest absolute Gasteiger partial charge is 0.225 e. The van der Waals surface area contributed by atoms with Crippen molar-refractivity contribution in [2.45, 2.75) is 57.9 Å². The molecule has 0 aromatic carbocycles. The van der Waals surface area contributed by atoms with E-state index in [1.54, 1.807) is 0 Å². The van der Waals surface area contributed by atoms with Crippen LogP contribution < -0.4 is 4.90 Å². The SMILES string of the molecule is CCN(CC1CCC1)c1n[nH]c(=S)n1C1CCCC1. The predicted molar refractivity (Wildman–Crippen MR) is 80.1 cm³/mol. The standard InChI is InChI=1S/C14H24N4S/c1-2-17(10-11-6-5-7-11)13-15-16-14(19)18(13)12-8-3-4-9-12/h11-12H,2-10H2,1H3,(H,16,19). The van der Waals surface area contributed by atoms with Crippen molar-refractivity contribution in [3.8, 4) is 0 Å². The van der Waals surface area contributed by atoms with E-state index in [-0.39, 0.29) is 0 Å². The Bertz CT molecular complexity index is 468. The molecule has 1 heterocycles. The molecule has 2 fully saturated rings. The number of nitrogens with zero attached hydrogens (tertiary/aromatic N) is 3. The largest absolute Gasteiger partial charge is 0.341 e. The Hall–Kier alpha value is -0.840. The van der Waals surface area contributed by atoms with Gasteiger partial charge in [-0.3, -0.25) is 4.57 Å². The molecule has 5 heteroatoms. The first kappa shape index (κ1) is 13.2. The first-order valence-electron chi connectivity index (χ1n) is 7.71. The summed E-state index contributed by atoms with van der Waals surface area (Å²) in [5.74, 6) is 1.94. The first-order chi connectivity index (χ1) is 9.29. The third-order valence-electron chi connectivity index (χ3n) is 4.74. The van der Waals surface area contributed by atoms with Crippen LogP contribution in [0.3, 0.4) is 0 Å². The summed E-state index contributed by atoms with van der Waals surface area (Å²) < 4.78 is 3.08. The van der Waals surface area contributed by atoms with Crippen LogP contribution in [0.4, 0.5) is 5.95 Å². The topological polar surface area (TPSA) is 36.9 Å². The Morgan fingerprint density at radius 1 is 1.26 bits per heavy atom. The lowest BCUT2D eigenvalue weighted by atomic mass is 9.85. The van der Waals surface area contributed by atoms with Crippen molar-refractivity contribution in [2.75, 3.05) is 18.0 Å². The van der Waals surface area contributed by atoms with Gasteiger partial charge in [0.15, 0.2) is 4.77 Å². The molecule has 0 spiro atoms. The van der Waals surface area contributed by atoms with E-state index in [2.05, 4.69) is 26.6 Å². The number of nitrogens with one attached hydrogen (secondary N) is 1. The maximum atomic E-state index is 5.45. The van der Waals surface area contributed by atoms with Gasteiger partial charge in [-0.2, -0.15) is 0 Å². The summed E-state index contributed by atoms with van der Waals surface area (Å²) in [5, 5.41) is 7.53. The quantitative estimate of drug-likeness (QED) is 0.836. The number of anilines is 1. The first-order valence-corrected chi connectivity index (χ1v) is 8.12. The summed E-state index contributed by atoms with van der Waals surface area (Å²) in [6, 6.07) is 0.566. The van der Waals surface area contributed by atoms with Crippen molar-refractivity contribution in [1.29, 1.82) is 0 Å². The molecule has 1 aromatic heterocycles. The summed E-state index contributed by atoms with van der Waals surface area (Å²) in [6.45, 7) is 4.38. The highest BCUT2D eigenvalue weighted by Gasteiger charge is 2.26. The molecule has 1 N–H and O–H groups in total. The molecule has 1 aromatic rings. The van der Waals surface area contributed by atoms with Crippen molar-refractivity contribution in [1.82, 2.24) is 14.8 Å². The minimum atomic E-state index is 0.566. The van der Waals surface area contributed by atoms with Gasteiger partial charge in [0.1, 0.15) is 0 Å². The minimum absolute atomic E-state index is 0.566. The van der Waals surface area contributed by atoms with Gasteiger partial charge in [-0.1, -0.05) is 19.3 Å². The number of H-pyrrole nitrogens is 1. The van der Waals surface area contributed by atoms with Gasteiger partial charge < -0.3 is 4.90 Å². The van der Waals surface area contributed by atoms with Crippen LogP contribution in [0.15, 0.2) is 0 Å². The fourth-order valence-corrected chi connectivity index (χ4v) is 3.63. The Morgan fingerprint density at radius 2 is 2.00 bits per heavy atom. The minimum Gasteiger partial charge on any atom is -0.341 e. The van der Waals surface area contributed by atoms with Gasteiger partial charge >= 0.3 is 0 Å². The molecule has 3 rings (SSSR count). The molecule has 106 valence electrons. The molecule has 2 saturated carbocycles. The normalized spacial score (nSPS) is 20.7. The average molecular weight is 280 g/mol. The summed E-state index contributed by atoms with van der Waals surface area (Å²) in [5.41, 5.74) is 0. The zero-order chi connectivity index (χ0) is 13.2. The molecule has 2 aliphatic rings. The Kier molecular flexibility index (Phi) is 3.91. The van der Waals surface area contributed by atoms with E-state index >= 15 is 0 Å². The van der Waals surface area contributed by atoms with E-state index in [4.69, 9.17) is 12.2 Å². The number of aromatic amines is 1. The molecule has 0 radical (unpaired) electrons. The third-order valence-corrected chi connectivity index (χ3v) is 5.03. The van der Waals surface area contributed by atoms with Crippen molar-refractivity contribution >= 4 is 18.2 Å². The van der Waals surface area contributed by atoms with Gasteiger partial charge in [-0.25, -0.2) is 5.10 Å². The van der Waals surface area contributed by atoms with Crippen molar-refractivity contribution in [2.24, 2.45) is 5.92 Å². The summed E-state index contributed by atoms with van der Waals surface area (Å²) in [7, 11) is 0. The maximum Gasteiger partial charge on any atom is 0.225 e. The van der Waals surface area contributed by atoms with Gasteiger partial charge in [0.2, 0.25) is 5.95 Å². The lowest BCUT2D eigenvalue weighted by molar-refractivity contribution is 0.316. The lowest BCUT2D eigenvalue weighted by Gasteiger charge is -2.33. The Labute approximate surface area is 120 Å². The second-order valence-electron chi connectivity index (χ2n) is 5.97. The Balaban J connectivity index is 1.83. The fraction of sp³-hybridized carbons (Fsp3) is 0.857. The molecule has 19 heavy (non-hydrogen) atoms. The molecular weight excluding hydrogens is 256 g/mol. The monoisotopic (exact) mass is 280 g/mol. The zero-order valence-electron chi connectivity index (χ0n) is 11.8. The van der Waals surface area contributed by atoms with Crippen LogP contribution in [0, 0.1) is 10.7 Å². The zero-order valence-corrected chi connectivity index (χ0v) is 12.6. The van der Waals surface area contributed by atoms with E-state index < -0.39 is 0 Å². The number of hydrogen-bond acceptors (Lipinski definition) is 3. The number of rotatable bonds is 5. The molecule has 4 nitrogen and oxygen atoms in total. The van der Waals surface area contributed by atoms with Crippen LogP contribution in [-0.4, -0.2) is 27.9 Å². The van der Waals surface area contributed by atoms with Gasteiger partial charge in [-0.05, 0) is 50.7 Å². The molecule has 0 amide bonds. The number of aromatic nitrogens is 3. The molecule has 0 saturated heterocycles. The van der Waals surface area contributed by atoms with E-state index in [1.807, 2.05) is 0 Å². The van der Waals surface area contributed by atoms with Gasteiger partial charge in [0, 0.05) is 19.1 Å². The van der Waals surface area contributed by atoms with E-state index in [9.17, 15) is 0 Å². The van der Waals surface area contributed by atoms with Crippen LogP contribution in [0.25, 0.3) is 0 Å². The summed E-state index contributed by atoms with van der Waals surface area (Å²) in [6.07, 6.45) is 9.31. The molecule has 0 atom stereocenters. The lowest BCUT2D eigenvalue weighted by Crippen LogP contribution is -2.34. The van der Waals surface area contributed by atoms with Crippen molar-refractivity contribution < 1.29 is 0 Å². The van der Waals surface area contributed by atoms with Crippen LogP contribution in [0.2, 0.25) is 0 Å².